The van der Waals surface area contributed by atoms with Gasteiger partial charge in [0.2, 0.25) is 0 Å². The quantitative estimate of drug-likeness (QED) is 0.778. The van der Waals surface area contributed by atoms with Gasteiger partial charge in [0.1, 0.15) is 0 Å². The number of nitrogens with two attached hydrogens (primary N) is 1. The molecule has 0 aromatic heterocycles. The fourth-order valence-electron chi connectivity index (χ4n) is 1.71. The summed E-state index contributed by atoms with van der Waals surface area (Å²) < 4.78 is 0. The van der Waals surface area contributed by atoms with E-state index >= 15 is 0 Å². The molecule has 0 saturated heterocycles. The first-order chi connectivity index (χ1) is 6.68. The van der Waals surface area contributed by atoms with Gasteiger partial charge in [-0.2, -0.15) is 0 Å². The average Bonchev–Trinajstić information content (AvgIpc) is 2.87. The number of nitrogens with zero attached hydrogens (tertiary/aromatic N) is 1. The summed E-state index contributed by atoms with van der Waals surface area (Å²) in [6, 6.07) is 5.66. The first kappa shape index (κ1) is 9.66. The second kappa shape index (κ2) is 3.70. The van der Waals surface area contributed by atoms with Crippen LogP contribution >= 0.6 is 11.6 Å². The number of rotatable bonds is 3. The smallest absolute Gasteiger partial charge is 0.0786 e. The van der Waals surface area contributed by atoms with Crippen LogP contribution in [0.15, 0.2) is 18.2 Å². The molecule has 0 spiro atoms. The van der Waals surface area contributed by atoms with Crippen LogP contribution in [0.1, 0.15) is 12.8 Å². The third-order valence-electron chi connectivity index (χ3n) is 2.63. The average molecular weight is 211 g/mol. The van der Waals surface area contributed by atoms with Crippen molar-refractivity contribution >= 4 is 23.0 Å². The molecule has 0 atom stereocenters. The van der Waals surface area contributed by atoms with Gasteiger partial charge in [-0.1, -0.05) is 17.7 Å². The normalized spacial score (nSPS) is 15.6. The highest BCUT2D eigenvalue weighted by Crippen LogP contribution is 2.35. The minimum absolute atomic E-state index is 0.744. The van der Waals surface area contributed by atoms with Crippen molar-refractivity contribution in [1.29, 1.82) is 0 Å². The summed E-state index contributed by atoms with van der Waals surface area (Å²) in [5.41, 5.74) is 7.63. The molecule has 0 amide bonds. The Balaban J connectivity index is 2.19. The van der Waals surface area contributed by atoms with Gasteiger partial charge in [-0.05, 0) is 30.9 Å². The molecule has 14 heavy (non-hydrogen) atoms. The first-order valence-electron chi connectivity index (χ1n) is 4.93. The molecule has 2 N–H and O–H groups in total. The van der Waals surface area contributed by atoms with E-state index in [2.05, 4.69) is 11.9 Å². The molecule has 1 aromatic rings. The number of nitrogen functional groups attached to an aromatic ring is 1. The highest BCUT2D eigenvalue weighted by atomic mass is 35.5. The van der Waals surface area contributed by atoms with Crippen LogP contribution in [-0.2, 0) is 0 Å². The van der Waals surface area contributed by atoms with E-state index in [4.69, 9.17) is 17.3 Å². The summed E-state index contributed by atoms with van der Waals surface area (Å²) in [7, 11) is 2.05. The number of halogens is 1. The van der Waals surface area contributed by atoms with Gasteiger partial charge < -0.3 is 10.6 Å². The van der Waals surface area contributed by atoms with Crippen LogP contribution in [0.2, 0.25) is 5.02 Å². The Labute approximate surface area is 89.7 Å². The topological polar surface area (TPSA) is 29.3 Å². The fraction of sp³-hybridized carbons (Fsp3) is 0.455. The number of hydrogen-bond donors (Lipinski definition) is 1. The van der Waals surface area contributed by atoms with E-state index < -0.39 is 0 Å². The molecule has 0 bridgehead atoms. The number of benzene rings is 1. The molecule has 1 aliphatic carbocycles. The van der Waals surface area contributed by atoms with Crippen LogP contribution in [0.5, 0.6) is 0 Å². The summed E-state index contributed by atoms with van der Waals surface area (Å²) in [5, 5.41) is 0.744. The van der Waals surface area contributed by atoms with E-state index in [1.807, 2.05) is 18.2 Å². The van der Waals surface area contributed by atoms with Gasteiger partial charge in [0.15, 0.2) is 0 Å². The molecule has 1 saturated carbocycles. The molecule has 1 aromatic carbocycles. The van der Waals surface area contributed by atoms with Crippen molar-refractivity contribution in [2.45, 2.75) is 12.8 Å². The summed E-state index contributed by atoms with van der Waals surface area (Å²) in [5.74, 6) is 0.843. The SMILES string of the molecule is CN(CC1CC1)c1c(N)cccc1Cl. The largest absolute Gasteiger partial charge is 0.397 e. The van der Waals surface area contributed by atoms with Crippen molar-refractivity contribution in [3.05, 3.63) is 23.2 Å². The summed E-state index contributed by atoms with van der Waals surface area (Å²) >= 11 is 6.11. The second-order valence-electron chi connectivity index (χ2n) is 4.00. The van der Waals surface area contributed by atoms with E-state index in [9.17, 15) is 0 Å². The molecule has 1 fully saturated rings. The van der Waals surface area contributed by atoms with Crippen molar-refractivity contribution in [1.82, 2.24) is 0 Å². The summed E-state index contributed by atoms with van der Waals surface area (Å²) in [6.45, 7) is 1.06. The highest BCUT2D eigenvalue weighted by Gasteiger charge is 2.24. The predicted molar refractivity (Wildman–Crippen MR) is 61.9 cm³/mol. The van der Waals surface area contributed by atoms with Crippen LogP contribution in [-0.4, -0.2) is 13.6 Å². The maximum Gasteiger partial charge on any atom is 0.0786 e. The zero-order valence-corrected chi connectivity index (χ0v) is 9.09. The summed E-state index contributed by atoms with van der Waals surface area (Å²) in [4.78, 5) is 2.16. The molecule has 0 heterocycles. The lowest BCUT2D eigenvalue weighted by atomic mass is 10.2. The molecule has 2 rings (SSSR count). The van der Waals surface area contributed by atoms with E-state index in [0.29, 0.717) is 0 Å². The van der Waals surface area contributed by atoms with Crippen LogP contribution < -0.4 is 10.6 Å². The Bertz CT molecular complexity index is 314. The van der Waals surface area contributed by atoms with Gasteiger partial charge in [0.05, 0.1) is 16.4 Å². The lowest BCUT2D eigenvalue weighted by molar-refractivity contribution is 0.788. The predicted octanol–water partition coefficient (Wildman–Crippen LogP) is 2.77. The van der Waals surface area contributed by atoms with Gasteiger partial charge in [0.25, 0.3) is 0 Å². The first-order valence-corrected chi connectivity index (χ1v) is 5.31. The monoisotopic (exact) mass is 210 g/mol. The van der Waals surface area contributed by atoms with Crippen LogP contribution in [0.3, 0.4) is 0 Å². The maximum atomic E-state index is 6.11. The van der Waals surface area contributed by atoms with Crippen LogP contribution in [0, 0.1) is 5.92 Å². The molecule has 0 unspecified atom stereocenters. The van der Waals surface area contributed by atoms with Crippen LogP contribution in [0.25, 0.3) is 0 Å². The van der Waals surface area contributed by atoms with Gasteiger partial charge in [0, 0.05) is 13.6 Å². The van der Waals surface area contributed by atoms with Crippen molar-refractivity contribution < 1.29 is 0 Å². The zero-order chi connectivity index (χ0) is 10.1. The van der Waals surface area contributed by atoms with E-state index in [1.54, 1.807) is 0 Å². The zero-order valence-electron chi connectivity index (χ0n) is 8.33. The van der Waals surface area contributed by atoms with E-state index in [0.717, 1.165) is 28.9 Å². The number of hydrogen-bond acceptors (Lipinski definition) is 2. The van der Waals surface area contributed by atoms with E-state index in [-0.39, 0.29) is 0 Å². The molecular formula is C11H15ClN2. The lowest BCUT2D eigenvalue weighted by Crippen LogP contribution is -2.21. The minimum atomic E-state index is 0.744. The minimum Gasteiger partial charge on any atom is -0.397 e. The molecule has 1 aliphatic rings. The Morgan fingerprint density at radius 2 is 2.21 bits per heavy atom. The standard InChI is InChI=1S/C11H15ClN2/c1-14(7-8-5-6-8)11-9(12)3-2-4-10(11)13/h2-4,8H,5-7,13H2,1H3. The Kier molecular flexibility index (Phi) is 2.55. The Hall–Kier alpha value is -0.890. The molecule has 76 valence electrons. The van der Waals surface area contributed by atoms with Crippen molar-refractivity contribution in [3.8, 4) is 0 Å². The number of para-hydroxylation sites is 1. The third-order valence-corrected chi connectivity index (χ3v) is 2.93. The Morgan fingerprint density at radius 3 is 2.79 bits per heavy atom. The molecule has 0 radical (unpaired) electrons. The van der Waals surface area contributed by atoms with E-state index in [1.165, 1.54) is 12.8 Å². The van der Waals surface area contributed by atoms with Crippen molar-refractivity contribution in [2.75, 3.05) is 24.2 Å². The lowest BCUT2D eigenvalue weighted by Gasteiger charge is -2.22. The van der Waals surface area contributed by atoms with Gasteiger partial charge in [-0.25, -0.2) is 0 Å². The third kappa shape index (κ3) is 1.95. The molecule has 3 heteroatoms. The van der Waals surface area contributed by atoms with Gasteiger partial charge in [-0.15, -0.1) is 0 Å². The number of anilines is 2. The maximum absolute atomic E-state index is 6.11. The Morgan fingerprint density at radius 1 is 1.50 bits per heavy atom. The molecular weight excluding hydrogens is 196 g/mol. The van der Waals surface area contributed by atoms with Crippen molar-refractivity contribution in [2.24, 2.45) is 5.92 Å². The van der Waals surface area contributed by atoms with Gasteiger partial charge >= 0.3 is 0 Å². The van der Waals surface area contributed by atoms with Crippen LogP contribution in [0.4, 0.5) is 11.4 Å². The fourth-order valence-corrected chi connectivity index (χ4v) is 2.04. The van der Waals surface area contributed by atoms with Gasteiger partial charge in [-0.3, -0.25) is 0 Å². The second-order valence-corrected chi connectivity index (χ2v) is 4.41. The summed E-state index contributed by atoms with van der Waals surface area (Å²) in [6.07, 6.45) is 2.68. The molecule has 2 nitrogen and oxygen atoms in total. The highest BCUT2D eigenvalue weighted by molar-refractivity contribution is 6.33. The van der Waals surface area contributed by atoms with Crippen molar-refractivity contribution in [3.63, 3.8) is 0 Å². The molecule has 0 aliphatic heterocycles.